The molecule has 0 aliphatic rings. The van der Waals surface area contributed by atoms with Crippen LogP contribution >= 0.6 is 0 Å². The molecule has 0 heterocycles. The van der Waals surface area contributed by atoms with Crippen molar-refractivity contribution in [2.45, 2.75) is 33.2 Å². The summed E-state index contributed by atoms with van der Waals surface area (Å²) in [6.07, 6.45) is 0. The van der Waals surface area contributed by atoms with Gasteiger partial charge in [0.2, 0.25) is 0 Å². The number of aliphatic imine (C=N–C) groups is 1. The normalized spacial score (nSPS) is 11.7. The maximum Gasteiger partial charge on any atom is 0.387 e. The summed E-state index contributed by atoms with van der Waals surface area (Å²) in [5.41, 5.74) is 2.90. The van der Waals surface area contributed by atoms with E-state index in [1.165, 1.54) is 5.56 Å². The summed E-state index contributed by atoms with van der Waals surface area (Å²) < 4.78 is 35.9. The zero-order chi connectivity index (χ0) is 21.9. The van der Waals surface area contributed by atoms with Crippen molar-refractivity contribution in [2.75, 3.05) is 27.7 Å². The van der Waals surface area contributed by atoms with Crippen molar-refractivity contribution in [3.8, 4) is 11.5 Å². The van der Waals surface area contributed by atoms with Gasteiger partial charge in [0.15, 0.2) is 17.5 Å². The number of ether oxygens (including phenoxy) is 2. The van der Waals surface area contributed by atoms with Gasteiger partial charge in [-0.25, -0.2) is 0 Å². The lowest BCUT2D eigenvalue weighted by atomic mass is 10.1. The summed E-state index contributed by atoms with van der Waals surface area (Å²) in [4.78, 5) is 6.32. The monoisotopic (exact) mass is 420 g/mol. The SMILES string of the molecule is CCOc1cccc(CNC(=NC)NCc2cccc(CN(C)C)c2)c1OC(F)F. The highest BCUT2D eigenvalue weighted by molar-refractivity contribution is 5.79. The molecule has 0 aliphatic carbocycles. The smallest absolute Gasteiger partial charge is 0.387 e. The predicted molar refractivity (Wildman–Crippen MR) is 115 cm³/mol. The number of halogens is 2. The van der Waals surface area contributed by atoms with Gasteiger partial charge in [0.1, 0.15) is 0 Å². The number of hydrogen-bond donors (Lipinski definition) is 2. The van der Waals surface area contributed by atoms with Gasteiger partial charge >= 0.3 is 6.61 Å². The topological polar surface area (TPSA) is 58.1 Å². The summed E-state index contributed by atoms with van der Waals surface area (Å²) in [6.45, 7) is 0.911. The summed E-state index contributed by atoms with van der Waals surface area (Å²) in [5, 5.41) is 6.38. The Hall–Kier alpha value is -2.87. The number of rotatable bonds is 10. The van der Waals surface area contributed by atoms with Gasteiger partial charge < -0.3 is 25.0 Å². The van der Waals surface area contributed by atoms with Crippen molar-refractivity contribution >= 4 is 5.96 Å². The average molecular weight is 421 g/mol. The quantitative estimate of drug-likeness (QED) is 0.454. The second-order valence-corrected chi connectivity index (χ2v) is 6.89. The van der Waals surface area contributed by atoms with E-state index in [1.807, 2.05) is 26.2 Å². The van der Waals surface area contributed by atoms with Gasteiger partial charge in [-0.15, -0.1) is 0 Å². The van der Waals surface area contributed by atoms with Gasteiger partial charge in [0, 0.05) is 32.2 Å². The maximum absolute atomic E-state index is 12.9. The molecular weight excluding hydrogens is 390 g/mol. The molecule has 0 radical (unpaired) electrons. The molecule has 2 aromatic rings. The Bertz CT molecular complexity index is 829. The molecule has 0 aliphatic heterocycles. The van der Waals surface area contributed by atoms with E-state index in [0.29, 0.717) is 24.7 Å². The fourth-order valence-electron chi connectivity index (χ4n) is 2.98. The zero-order valence-corrected chi connectivity index (χ0v) is 17.9. The fraction of sp³-hybridized carbons (Fsp3) is 0.409. The minimum Gasteiger partial charge on any atom is -0.490 e. The Morgan fingerprint density at radius 3 is 2.43 bits per heavy atom. The highest BCUT2D eigenvalue weighted by atomic mass is 19.3. The van der Waals surface area contributed by atoms with Gasteiger partial charge in [0.05, 0.1) is 6.61 Å². The molecule has 30 heavy (non-hydrogen) atoms. The fourth-order valence-corrected chi connectivity index (χ4v) is 2.98. The lowest BCUT2D eigenvalue weighted by Gasteiger charge is -2.17. The van der Waals surface area contributed by atoms with E-state index in [9.17, 15) is 8.78 Å². The van der Waals surface area contributed by atoms with Crippen molar-refractivity contribution in [3.63, 3.8) is 0 Å². The number of para-hydroxylation sites is 1. The predicted octanol–water partition coefficient (Wildman–Crippen LogP) is 3.61. The highest BCUT2D eigenvalue weighted by Crippen LogP contribution is 2.32. The third-order valence-corrected chi connectivity index (χ3v) is 4.19. The van der Waals surface area contributed by atoms with Crippen LogP contribution in [-0.4, -0.2) is 45.2 Å². The van der Waals surface area contributed by atoms with Crippen LogP contribution in [0, 0.1) is 0 Å². The number of guanidine groups is 1. The van der Waals surface area contributed by atoms with Crippen LogP contribution in [0.5, 0.6) is 11.5 Å². The summed E-state index contributed by atoms with van der Waals surface area (Å²) in [7, 11) is 5.72. The number of benzene rings is 2. The number of nitrogens with one attached hydrogen (secondary N) is 2. The number of alkyl halides is 2. The molecule has 0 bridgehead atoms. The first-order valence-corrected chi connectivity index (χ1v) is 9.79. The van der Waals surface area contributed by atoms with E-state index < -0.39 is 6.61 Å². The van der Waals surface area contributed by atoms with E-state index in [-0.39, 0.29) is 18.0 Å². The molecular formula is C22H30F2N4O2. The van der Waals surface area contributed by atoms with E-state index >= 15 is 0 Å². The van der Waals surface area contributed by atoms with Gasteiger partial charge in [-0.1, -0.05) is 36.4 Å². The molecule has 2 N–H and O–H groups in total. The average Bonchev–Trinajstić information content (AvgIpc) is 2.69. The van der Waals surface area contributed by atoms with E-state index in [4.69, 9.17) is 9.47 Å². The molecule has 0 atom stereocenters. The lowest BCUT2D eigenvalue weighted by Crippen LogP contribution is -2.36. The summed E-state index contributed by atoms with van der Waals surface area (Å²) in [5.74, 6) is 0.879. The Morgan fingerprint density at radius 2 is 1.77 bits per heavy atom. The number of hydrogen-bond acceptors (Lipinski definition) is 4. The molecule has 6 nitrogen and oxygen atoms in total. The van der Waals surface area contributed by atoms with Crippen LogP contribution in [0.2, 0.25) is 0 Å². The molecule has 0 fully saturated rings. The molecule has 164 valence electrons. The minimum absolute atomic E-state index is 0.0358. The zero-order valence-electron chi connectivity index (χ0n) is 17.9. The van der Waals surface area contributed by atoms with Gasteiger partial charge in [0.25, 0.3) is 0 Å². The maximum atomic E-state index is 12.9. The molecule has 0 amide bonds. The molecule has 0 aromatic heterocycles. The number of nitrogens with zero attached hydrogens (tertiary/aromatic N) is 2. The minimum atomic E-state index is -2.93. The van der Waals surface area contributed by atoms with E-state index in [2.05, 4.69) is 32.7 Å². The largest absolute Gasteiger partial charge is 0.490 e. The first kappa shape index (κ1) is 23.4. The molecule has 0 saturated heterocycles. The molecule has 0 spiro atoms. The summed E-state index contributed by atoms with van der Waals surface area (Å²) >= 11 is 0. The standard InChI is InChI=1S/C22H30F2N4O2/c1-5-29-19-11-7-10-18(20(19)30-21(23)24)14-27-22(25-2)26-13-16-8-6-9-17(12-16)15-28(3)4/h6-12,21H,5,13-15H2,1-4H3,(H2,25,26,27). The van der Waals surface area contributed by atoms with Gasteiger partial charge in [-0.05, 0) is 38.2 Å². The van der Waals surface area contributed by atoms with Crippen molar-refractivity contribution in [1.29, 1.82) is 0 Å². The van der Waals surface area contributed by atoms with Gasteiger partial charge in [-0.2, -0.15) is 8.78 Å². The third-order valence-electron chi connectivity index (χ3n) is 4.19. The second-order valence-electron chi connectivity index (χ2n) is 6.89. The van der Waals surface area contributed by atoms with Crippen molar-refractivity contribution in [3.05, 3.63) is 59.2 Å². The van der Waals surface area contributed by atoms with Crippen LogP contribution in [0.1, 0.15) is 23.6 Å². The highest BCUT2D eigenvalue weighted by Gasteiger charge is 2.16. The molecule has 0 saturated carbocycles. The second kappa shape index (κ2) is 12.0. The van der Waals surface area contributed by atoms with E-state index in [0.717, 1.165) is 12.1 Å². The third kappa shape index (κ3) is 7.51. The molecule has 2 aromatic carbocycles. The Labute approximate surface area is 176 Å². The van der Waals surface area contributed by atoms with Crippen molar-refractivity contribution < 1.29 is 18.3 Å². The van der Waals surface area contributed by atoms with Gasteiger partial charge in [-0.3, -0.25) is 4.99 Å². The first-order chi connectivity index (χ1) is 14.4. The van der Waals surface area contributed by atoms with E-state index in [1.54, 1.807) is 32.2 Å². The van der Waals surface area contributed by atoms with Crippen LogP contribution < -0.4 is 20.1 Å². The molecule has 8 heteroatoms. The Balaban J connectivity index is 2.01. The van der Waals surface area contributed by atoms with Crippen LogP contribution in [0.25, 0.3) is 0 Å². The lowest BCUT2D eigenvalue weighted by molar-refractivity contribution is -0.0520. The van der Waals surface area contributed by atoms with Crippen molar-refractivity contribution in [2.24, 2.45) is 4.99 Å². The molecule has 0 unspecified atom stereocenters. The molecule has 2 rings (SSSR count). The van der Waals surface area contributed by atoms with Crippen LogP contribution in [0.4, 0.5) is 8.78 Å². The van der Waals surface area contributed by atoms with Crippen molar-refractivity contribution in [1.82, 2.24) is 15.5 Å². The first-order valence-electron chi connectivity index (χ1n) is 9.79. The Kier molecular flexibility index (Phi) is 9.34. The van der Waals surface area contributed by atoms with Crippen LogP contribution in [0.3, 0.4) is 0 Å². The van der Waals surface area contributed by atoms with Crippen LogP contribution in [-0.2, 0) is 19.6 Å². The Morgan fingerprint density at radius 1 is 1.07 bits per heavy atom. The van der Waals surface area contributed by atoms with Crippen LogP contribution in [0.15, 0.2) is 47.5 Å². The summed E-state index contributed by atoms with van der Waals surface area (Å²) in [6, 6.07) is 13.4.